The molecule has 0 amide bonds. The third-order valence-corrected chi connectivity index (χ3v) is 4.49. The lowest BCUT2D eigenvalue weighted by Crippen LogP contribution is -2.33. The lowest BCUT2D eigenvalue weighted by Gasteiger charge is -2.36. The maximum absolute atomic E-state index is 13.8. The predicted octanol–water partition coefficient (Wildman–Crippen LogP) is 4.18. The number of halogens is 1. The zero-order valence-electron chi connectivity index (χ0n) is 12.4. The first-order chi connectivity index (χ1) is 10.2. The second kappa shape index (κ2) is 6.12. The van der Waals surface area contributed by atoms with Gasteiger partial charge in [0.1, 0.15) is 5.82 Å². The first-order valence-electron chi connectivity index (χ1n) is 7.73. The van der Waals surface area contributed by atoms with E-state index in [2.05, 4.69) is 0 Å². The number of hydrogen-bond donors (Lipinski definition) is 1. The molecule has 1 aliphatic rings. The summed E-state index contributed by atoms with van der Waals surface area (Å²) < 4.78 is 19.4. The fraction of sp³-hybridized carbons (Fsp3) is 0.444. The van der Waals surface area contributed by atoms with Crippen LogP contribution in [-0.4, -0.2) is 12.7 Å². The molecule has 0 radical (unpaired) electrons. The molecular formula is C18H22FNO. The maximum Gasteiger partial charge on any atom is 0.131 e. The molecule has 0 bridgehead atoms. The molecule has 1 saturated carbocycles. The number of fused-ring (bicyclic) bond motifs is 1. The SMILES string of the molecule is CCOC1CC(CC(N)c2ccc(F)c3ccccc23)C1. The Morgan fingerprint density at radius 1 is 1.19 bits per heavy atom. The van der Waals surface area contributed by atoms with Crippen molar-refractivity contribution >= 4 is 10.8 Å². The van der Waals surface area contributed by atoms with E-state index in [0.29, 0.717) is 17.4 Å². The molecule has 1 fully saturated rings. The van der Waals surface area contributed by atoms with Gasteiger partial charge in [-0.3, -0.25) is 0 Å². The third kappa shape index (κ3) is 2.94. The summed E-state index contributed by atoms with van der Waals surface area (Å²) in [4.78, 5) is 0. The number of benzene rings is 2. The molecule has 0 saturated heterocycles. The van der Waals surface area contributed by atoms with E-state index in [1.807, 2.05) is 37.3 Å². The van der Waals surface area contributed by atoms with Gasteiger partial charge >= 0.3 is 0 Å². The average Bonchev–Trinajstić information content (AvgIpc) is 2.45. The van der Waals surface area contributed by atoms with Crippen molar-refractivity contribution < 1.29 is 9.13 Å². The summed E-state index contributed by atoms with van der Waals surface area (Å²) in [7, 11) is 0. The zero-order valence-corrected chi connectivity index (χ0v) is 12.4. The van der Waals surface area contributed by atoms with Gasteiger partial charge in [-0.25, -0.2) is 4.39 Å². The van der Waals surface area contributed by atoms with Crippen LogP contribution in [0.15, 0.2) is 36.4 Å². The maximum atomic E-state index is 13.8. The molecule has 1 atom stereocenters. The van der Waals surface area contributed by atoms with Crippen LogP contribution in [-0.2, 0) is 4.74 Å². The lowest BCUT2D eigenvalue weighted by molar-refractivity contribution is -0.0281. The Kier molecular flexibility index (Phi) is 4.22. The Bertz CT molecular complexity index is 622. The van der Waals surface area contributed by atoms with Crippen LogP contribution in [0.3, 0.4) is 0 Å². The van der Waals surface area contributed by atoms with Crippen molar-refractivity contribution in [2.24, 2.45) is 11.7 Å². The van der Waals surface area contributed by atoms with Crippen LogP contribution in [0.25, 0.3) is 10.8 Å². The van der Waals surface area contributed by atoms with Gasteiger partial charge < -0.3 is 10.5 Å². The van der Waals surface area contributed by atoms with Crippen molar-refractivity contribution in [2.45, 2.75) is 38.3 Å². The summed E-state index contributed by atoms with van der Waals surface area (Å²) in [6.07, 6.45) is 3.55. The van der Waals surface area contributed by atoms with Crippen molar-refractivity contribution in [3.8, 4) is 0 Å². The van der Waals surface area contributed by atoms with E-state index in [9.17, 15) is 4.39 Å². The van der Waals surface area contributed by atoms with Gasteiger partial charge in [-0.05, 0) is 49.1 Å². The molecular weight excluding hydrogens is 265 g/mol. The molecule has 0 aliphatic heterocycles. The van der Waals surface area contributed by atoms with Crippen LogP contribution in [0, 0.1) is 11.7 Å². The summed E-state index contributed by atoms with van der Waals surface area (Å²) in [5, 5.41) is 1.59. The quantitative estimate of drug-likeness (QED) is 0.895. The predicted molar refractivity (Wildman–Crippen MR) is 83.6 cm³/mol. The highest BCUT2D eigenvalue weighted by Gasteiger charge is 2.31. The molecule has 2 aromatic carbocycles. The molecule has 2 N–H and O–H groups in total. The smallest absolute Gasteiger partial charge is 0.131 e. The zero-order chi connectivity index (χ0) is 14.8. The van der Waals surface area contributed by atoms with E-state index in [1.54, 1.807) is 0 Å². The first kappa shape index (κ1) is 14.5. The van der Waals surface area contributed by atoms with E-state index in [1.165, 1.54) is 6.07 Å². The van der Waals surface area contributed by atoms with Crippen LogP contribution < -0.4 is 5.73 Å². The van der Waals surface area contributed by atoms with Gasteiger partial charge in [0.05, 0.1) is 6.10 Å². The van der Waals surface area contributed by atoms with E-state index in [4.69, 9.17) is 10.5 Å². The largest absolute Gasteiger partial charge is 0.378 e. The first-order valence-corrected chi connectivity index (χ1v) is 7.73. The molecule has 112 valence electrons. The topological polar surface area (TPSA) is 35.2 Å². The minimum Gasteiger partial charge on any atom is -0.378 e. The minimum absolute atomic E-state index is 0.0388. The van der Waals surface area contributed by atoms with Crippen molar-refractivity contribution in [1.29, 1.82) is 0 Å². The lowest BCUT2D eigenvalue weighted by atomic mass is 9.77. The fourth-order valence-corrected chi connectivity index (χ4v) is 3.33. The molecule has 0 aromatic heterocycles. The minimum atomic E-state index is -0.179. The van der Waals surface area contributed by atoms with Gasteiger partial charge in [-0.2, -0.15) is 0 Å². The molecule has 21 heavy (non-hydrogen) atoms. The molecule has 1 unspecified atom stereocenters. The van der Waals surface area contributed by atoms with E-state index < -0.39 is 0 Å². The highest BCUT2D eigenvalue weighted by molar-refractivity contribution is 5.86. The molecule has 2 aromatic rings. The fourth-order valence-electron chi connectivity index (χ4n) is 3.33. The molecule has 0 spiro atoms. The second-order valence-corrected chi connectivity index (χ2v) is 5.94. The Balaban J connectivity index is 1.74. The normalized spacial score (nSPS) is 23.0. The summed E-state index contributed by atoms with van der Waals surface area (Å²) in [6.45, 7) is 2.82. The van der Waals surface area contributed by atoms with Gasteiger partial charge in [0.25, 0.3) is 0 Å². The Morgan fingerprint density at radius 2 is 1.90 bits per heavy atom. The number of nitrogens with two attached hydrogens (primary N) is 1. The van der Waals surface area contributed by atoms with Gasteiger partial charge in [0, 0.05) is 18.0 Å². The van der Waals surface area contributed by atoms with Gasteiger partial charge in [0.15, 0.2) is 0 Å². The highest BCUT2D eigenvalue weighted by Crippen LogP contribution is 2.37. The standard InChI is InChI=1S/C18H22FNO/c1-2-21-13-9-12(10-13)11-18(20)16-7-8-17(19)15-6-4-3-5-14(15)16/h3-8,12-13,18H,2,9-11,20H2,1H3. The third-order valence-electron chi connectivity index (χ3n) is 4.49. The summed E-state index contributed by atoms with van der Waals surface area (Å²) >= 11 is 0. The molecule has 1 aliphatic carbocycles. The number of ether oxygens (including phenoxy) is 1. The van der Waals surface area contributed by atoms with Crippen LogP contribution in [0.4, 0.5) is 4.39 Å². The Morgan fingerprint density at radius 3 is 2.62 bits per heavy atom. The van der Waals surface area contributed by atoms with Gasteiger partial charge in [-0.15, -0.1) is 0 Å². The summed E-state index contributed by atoms with van der Waals surface area (Å²) in [6, 6.07) is 10.9. The van der Waals surface area contributed by atoms with Crippen LogP contribution in [0.5, 0.6) is 0 Å². The van der Waals surface area contributed by atoms with Gasteiger partial charge in [0.2, 0.25) is 0 Å². The van der Waals surface area contributed by atoms with Crippen molar-refractivity contribution in [3.05, 3.63) is 47.8 Å². The Labute approximate surface area is 125 Å². The van der Waals surface area contributed by atoms with Crippen molar-refractivity contribution in [3.63, 3.8) is 0 Å². The Hall–Kier alpha value is -1.45. The average molecular weight is 287 g/mol. The van der Waals surface area contributed by atoms with E-state index >= 15 is 0 Å². The molecule has 3 heteroatoms. The van der Waals surface area contributed by atoms with Crippen LogP contribution in [0.1, 0.15) is 37.8 Å². The number of hydrogen-bond acceptors (Lipinski definition) is 2. The van der Waals surface area contributed by atoms with Crippen LogP contribution >= 0.6 is 0 Å². The highest BCUT2D eigenvalue weighted by atomic mass is 19.1. The van der Waals surface area contributed by atoms with Gasteiger partial charge in [-0.1, -0.05) is 30.3 Å². The second-order valence-electron chi connectivity index (χ2n) is 5.94. The summed E-state index contributed by atoms with van der Waals surface area (Å²) in [5.74, 6) is 0.446. The van der Waals surface area contributed by atoms with Crippen molar-refractivity contribution in [1.82, 2.24) is 0 Å². The van der Waals surface area contributed by atoms with Crippen LogP contribution in [0.2, 0.25) is 0 Å². The monoisotopic (exact) mass is 287 g/mol. The molecule has 0 heterocycles. The number of rotatable bonds is 5. The van der Waals surface area contributed by atoms with E-state index in [-0.39, 0.29) is 11.9 Å². The van der Waals surface area contributed by atoms with E-state index in [0.717, 1.165) is 36.8 Å². The molecule has 3 rings (SSSR count). The van der Waals surface area contributed by atoms with Crippen molar-refractivity contribution in [2.75, 3.05) is 6.61 Å². The molecule has 2 nitrogen and oxygen atoms in total. The summed E-state index contributed by atoms with van der Waals surface area (Å²) in [5.41, 5.74) is 7.43.